The normalized spacial score (nSPS) is 14.5. The second kappa shape index (κ2) is 15.4. The molecular formula is C25H38O. The van der Waals surface area contributed by atoms with Crippen LogP contribution in [0.15, 0.2) is 72.4 Å². The largest absolute Gasteiger partial charge is 0.295 e. The minimum absolute atomic E-state index is 0.198. The number of hydrogen-bond donors (Lipinski definition) is 0. The third kappa shape index (κ3) is 11.6. The van der Waals surface area contributed by atoms with Crippen molar-refractivity contribution in [1.29, 1.82) is 0 Å². The van der Waals surface area contributed by atoms with Crippen molar-refractivity contribution in [2.24, 2.45) is 5.92 Å². The van der Waals surface area contributed by atoms with Gasteiger partial charge in [0.2, 0.25) is 0 Å². The van der Waals surface area contributed by atoms with Gasteiger partial charge >= 0.3 is 0 Å². The highest BCUT2D eigenvalue weighted by atomic mass is 16.1. The molecule has 0 N–H and O–H groups in total. The van der Waals surface area contributed by atoms with Gasteiger partial charge in [-0.1, -0.05) is 68.0 Å². The Morgan fingerprint density at radius 2 is 1.73 bits per heavy atom. The molecule has 0 fully saturated rings. The van der Waals surface area contributed by atoms with Crippen LogP contribution in [0.3, 0.4) is 0 Å². The summed E-state index contributed by atoms with van der Waals surface area (Å²) in [4.78, 5) is 12.1. The van der Waals surface area contributed by atoms with Crippen molar-refractivity contribution in [2.45, 2.75) is 72.6 Å². The lowest BCUT2D eigenvalue weighted by Gasteiger charge is -2.08. The fraction of sp³-hybridized carbons (Fsp3) is 0.480. The molecule has 144 valence electrons. The standard InChI is InChI=1S/C25H38O/c1-7-11-15-22(6)25(26)20-19-24(10-4)18-17-21(5)14-12-13-16-23(8-2)9-3/h7-8,10-11,15,17-18,23H,2,4,9,12-14,16,19-20H2,1,3,5-6H3/b11-7-,21-17+,22-15+,24-18+. The molecule has 0 spiro atoms. The number of rotatable bonds is 14. The molecule has 1 atom stereocenters. The Labute approximate surface area is 162 Å². The second-order valence-corrected chi connectivity index (χ2v) is 6.91. The topological polar surface area (TPSA) is 17.1 Å². The van der Waals surface area contributed by atoms with E-state index in [0.29, 0.717) is 12.3 Å². The minimum atomic E-state index is 0.198. The highest BCUT2D eigenvalue weighted by Crippen LogP contribution is 2.17. The molecule has 0 bridgehead atoms. The van der Waals surface area contributed by atoms with E-state index in [4.69, 9.17) is 0 Å². The Morgan fingerprint density at radius 1 is 1.00 bits per heavy atom. The first-order valence-corrected chi connectivity index (χ1v) is 9.92. The quantitative estimate of drug-likeness (QED) is 0.135. The van der Waals surface area contributed by atoms with Crippen LogP contribution in [-0.2, 0) is 4.79 Å². The third-order valence-corrected chi connectivity index (χ3v) is 4.72. The SMILES string of the molecule is C=C/C(=C\C=C(/C)CCCCC(C=C)CC)CCC(=O)/C(C)=C/C=C\C. The molecule has 0 aromatic carbocycles. The Bertz CT molecular complexity index is 555. The van der Waals surface area contributed by atoms with Crippen LogP contribution >= 0.6 is 0 Å². The fourth-order valence-electron chi connectivity index (χ4n) is 2.67. The number of ketones is 1. The summed E-state index contributed by atoms with van der Waals surface area (Å²) in [7, 11) is 0. The molecule has 0 radical (unpaired) electrons. The number of allylic oxidation sites excluding steroid dienone is 10. The van der Waals surface area contributed by atoms with E-state index in [2.05, 4.69) is 45.2 Å². The predicted octanol–water partition coefficient (Wildman–Crippen LogP) is 7.69. The summed E-state index contributed by atoms with van der Waals surface area (Å²) >= 11 is 0. The lowest BCUT2D eigenvalue weighted by molar-refractivity contribution is -0.115. The molecule has 1 nitrogen and oxygen atoms in total. The molecule has 0 aromatic heterocycles. The summed E-state index contributed by atoms with van der Waals surface area (Å²) in [5.41, 5.74) is 3.31. The summed E-state index contributed by atoms with van der Waals surface area (Å²) in [6.45, 7) is 16.0. The van der Waals surface area contributed by atoms with Gasteiger partial charge in [-0.2, -0.15) is 0 Å². The first-order valence-electron chi connectivity index (χ1n) is 9.92. The predicted molar refractivity (Wildman–Crippen MR) is 117 cm³/mol. The second-order valence-electron chi connectivity index (χ2n) is 6.91. The van der Waals surface area contributed by atoms with Crippen LogP contribution < -0.4 is 0 Å². The zero-order valence-corrected chi connectivity index (χ0v) is 17.4. The van der Waals surface area contributed by atoms with Crippen LogP contribution in [0.25, 0.3) is 0 Å². The summed E-state index contributed by atoms with van der Waals surface area (Å²) in [6.07, 6.45) is 21.2. The number of carbonyl (C=O) groups is 1. The zero-order chi connectivity index (χ0) is 19.8. The Morgan fingerprint density at radius 3 is 2.31 bits per heavy atom. The van der Waals surface area contributed by atoms with Gasteiger partial charge in [0.05, 0.1) is 0 Å². The number of hydrogen-bond acceptors (Lipinski definition) is 1. The van der Waals surface area contributed by atoms with Crippen LogP contribution in [-0.4, -0.2) is 5.78 Å². The van der Waals surface area contributed by atoms with Crippen LogP contribution in [0.2, 0.25) is 0 Å². The summed E-state index contributed by atoms with van der Waals surface area (Å²) in [5, 5.41) is 0. The average Bonchev–Trinajstić information content (AvgIpc) is 2.65. The molecule has 0 heterocycles. The molecule has 0 aliphatic carbocycles. The van der Waals surface area contributed by atoms with E-state index < -0.39 is 0 Å². The van der Waals surface area contributed by atoms with Gasteiger partial charge in [-0.05, 0) is 69.9 Å². The minimum Gasteiger partial charge on any atom is -0.295 e. The van der Waals surface area contributed by atoms with Gasteiger partial charge in [0.15, 0.2) is 5.78 Å². The molecule has 0 aromatic rings. The highest BCUT2D eigenvalue weighted by Gasteiger charge is 2.04. The monoisotopic (exact) mass is 354 g/mol. The van der Waals surface area contributed by atoms with E-state index in [0.717, 1.165) is 24.0 Å². The molecule has 1 heteroatoms. The Kier molecular flexibility index (Phi) is 14.3. The van der Waals surface area contributed by atoms with Gasteiger partial charge < -0.3 is 0 Å². The van der Waals surface area contributed by atoms with Crippen molar-refractivity contribution in [1.82, 2.24) is 0 Å². The van der Waals surface area contributed by atoms with Gasteiger partial charge in [-0.15, -0.1) is 6.58 Å². The molecule has 0 saturated heterocycles. The molecule has 1 unspecified atom stereocenters. The number of carbonyl (C=O) groups excluding carboxylic acids is 1. The van der Waals surface area contributed by atoms with Gasteiger partial charge in [0, 0.05) is 6.42 Å². The third-order valence-electron chi connectivity index (χ3n) is 4.72. The van der Waals surface area contributed by atoms with Crippen molar-refractivity contribution in [3.8, 4) is 0 Å². The average molecular weight is 355 g/mol. The first kappa shape index (κ1) is 24.1. The maximum Gasteiger partial charge on any atom is 0.158 e. The van der Waals surface area contributed by atoms with Gasteiger partial charge in [-0.25, -0.2) is 0 Å². The van der Waals surface area contributed by atoms with Crippen molar-refractivity contribution in [2.75, 3.05) is 0 Å². The van der Waals surface area contributed by atoms with E-state index in [1.807, 2.05) is 38.2 Å². The van der Waals surface area contributed by atoms with Crippen LogP contribution in [0.4, 0.5) is 0 Å². The Hall–Kier alpha value is -1.89. The van der Waals surface area contributed by atoms with E-state index in [1.165, 1.54) is 31.3 Å². The maximum absolute atomic E-state index is 12.1. The van der Waals surface area contributed by atoms with Gasteiger partial charge in [0.25, 0.3) is 0 Å². The fourth-order valence-corrected chi connectivity index (χ4v) is 2.67. The molecule has 26 heavy (non-hydrogen) atoms. The molecule has 0 aliphatic heterocycles. The van der Waals surface area contributed by atoms with Crippen molar-refractivity contribution in [3.05, 3.63) is 72.4 Å². The molecule has 0 aliphatic rings. The van der Waals surface area contributed by atoms with E-state index in [1.54, 1.807) is 0 Å². The van der Waals surface area contributed by atoms with Crippen LogP contribution in [0.1, 0.15) is 72.6 Å². The van der Waals surface area contributed by atoms with Gasteiger partial charge in [0.1, 0.15) is 0 Å². The van der Waals surface area contributed by atoms with E-state index >= 15 is 0 Å². The number of Topliss-reactive ketones (excluding diaryl/α,β-unsaturated/α-hetero) is 1. The van der Waals surface area contributed by atoms with Gasteiger partial charge in [-0.3, -0.25) is 4.79 Å². The Balaban J connectivity index is 4.41. The molecule has 0 saturated carbocycles. The smallest absolute Gasteiger partial charge is 0.158 e. The van der Waals surface area contributed by atoms with Crippen LogP contribution in [0, 0.1) is 5.92 Å². The molecule has 0 amide bonds. The van der Waals surface area contributed by atoms with E-state index in [9.17, 15) is 4.79 Å². The maximum atomic E-state index is 12.1. The summed E-state index contributed by atoms with van der Waals surface area (Å²) in [6, 6.07) is 0. The molecule has 0 rings (SSSR count). The highest BCUT2D eigenvalue weighted by molar-refractivity contribution is 5.95. The lowest BCUT2D eigenvalue weighted by Crippen LogP contribution is -1.99. The van der Waals surface area contributed by atoms with Crippen LogP contribution in [0.5, 0.6) is 0 Å². The van der Waals surface area contributed by atoms with Crippen molar-refractivity contribution in [3.63, 3.8) is 0 Å². The molecular weight excluding hydrogens is 316 g/mol. The summed E-state index contributed by atoms with van der Waals surface area (Å²) in [5.74, 6) is 0.860. The lowest BCUT2D eigenvalue weighted by atomic mass is 9.97. The number of unbranched alkanes of at least 4 members (excludes halogenated alkanes) is 1. The van der Waals surface area contributed by atoms with Crippen molar-refractivity contribution < 1.29 is 4.79 Å². The summed E-state index contributed by atoms with van der Waals surface area (Å²) < 4.78 is 0. The van der Waals surface area contributed by atoms with E-state index in [-0.39, 0.29) is 5.78 Å². The van der Waals surface area contributed by atoms with Crippen molar-refractivity contribution >= 4 is 5.78 Å². The zero-order valence-electron chi connectivity index (χ0n) is 17.4. The first-order chi connectivity index (χ1) is 12.5.